The second kappa shape index (κ2) is 7.23. The number of amides is 1. The summed E-state index contributed by atoms with van der Waals surface area (Å²) in [6.07, 6.45) is -0.138. The van der Waals surface area contributed by atoms with Gasteiger partial charge in [0.1, 0.15) is 11.9 Å². The first-order valence-electron chi connectivity index (χ1n) is 6.44. The Hall–Kier alpha value is -1.41. The molecule has 1 unspecified atom stereocenters. The molecule has 1 aliphatic heterocycles. The van der Waals surface area contributed by atoms with E-state index >= 15 is 0 Å². The molecule has 1 N–H and O–H groups in total. The summed E-state index contributed by atoms with van der Waals surface area (Å²) in [4.78, 5) is 35.9. The van der Waals surface area contributed by atoms with Gasteiger partial charge in [-0.3, -0.25) is 9.59 Å². The Morgan fingerprint density at radius 3 is 2.59 bits per heavy atom. The molecule has 1 aromatic carbocycles. The van der Waals surface area contributed by atoms with Gasteiger partial charge in [-0.15, -0.1) is 11.8 Å². The molecule has 0 aromatic heterocycles. The van der Waals surface area contributed by atoms with Gasteiger partial charge in [-0.25, -0.2) is 9.18 Å². The molecule has 118 valence electrons. The summed E-state index contributed by atoms with van der Waals surface area (Å²) in [7, 11) is 0. The number of carbonyl (C=O) groups is 3. The van der Waals surface area contributed by atoms with Gasteiger partial charge in [-0.05, 0) is 24.3 Å². The molecule has 0 saturated carbocycles. The van der Waals surface area contributed by atoms with Crippen molar-refractivity contribution in [1.82, 2.24) is 4.90 Å². The van der Waals surface area contributed by atoms with Gasteiger partial charge in [0.05, 0.1) is 10.7 Å². The Kier molecular flexibility index (Phi) is 5.57. The number of hydrogen-bond acceptors (Lipinski definition) is 4. The van der Waals surface area contributed by atoms with Crippen molar-refractivity contribution in [3.05, 3.63) is 35.6 Å². The van der Waals surface area contributed by atoms with Crippen LogP contribution in [0.25, 0.3) is 0 Å². The van der Waals surface area contributed by atoms with Gasteiger partial charge >= 0.3 is 5.97 Å². The van der Waals surface area contributed by atoms with Crippen LogP contribution in [0, 0.1) is 5.82 Å². The number of nitrogens with zero attached hydrogens (tertiary/aromatic N) is 1. The van der Waals surface area contributed by atoms with Crippen LogP contribution in [-0.2, 0) is 9.59 Å². The molecule has 1 fully saturated rings. The highest BCUT2D eigenvalue weighted by Gasteiger charge is 2.35. The molecule has 1 aromatic rings. The molecule has 22 heavy (non-hydrogen) atoms. The van der Waals surface area contributed by atoms with Crippen LogP contribution in [0.15, 0.2) is 24.3 Å². The second-order valence-electron chi connectivity index (χ2n) is 4.76. The van der Waals surface area contributed by atoms with E-state index in [1.165, 1.54) is 40.9 Å². The Morgan fingerprint density at radius 1 is 1.36 bits per heavy atom. The lowest BCUT2D eigenvalue weighted by atomic mass is 10.1. The molecule has 0 radical (unpaired) electrons. The quantitative estimate of drug-likeness (QED) is 0.616. The maximum Gasteiger partial charge on any atom is 0.327 e. The Bertz CT molecular complexity index is 595. The molecule has 5 nitrogen and oxygen atoms in total. The lowest BCUT2D eigenvalue weighted by molar-refractivity contribution is -0.147. The first-order valence-corrected chi connectivity index (χ1v) is 8.51. The molecular weight excluding hydrogens is 377 g/mol. The fraction of sp³-hybridized carbons (Fsp3) is 0.357. The number of halogens is 2. The summed E-state index contributed by atoms with van der Waals surface area (Å²) in [5.41, 5.74) is 0.293. The Balaban J connectivity index is 2.00. The zero-order chi connectivity index (χ0) is 16.3. The van der Waals surface area contributed by atoms with Crippen molar-refractivity contribution in [3.8, 4) is 0 Å². The highest BCUT2D eigenvalue weighted by Crippen LogP contribution is 2.24. The first kappa shape index (κ1) is 17.0. The number of aliphatic carboxylic acids is 1. The summed E-state index contributed by atoms with van der Waals surface area (Å²) < 4.78 is 12.8. The molecule has 1 saturated heterocycles. The van der Waals surface area contributed by atoms with Crippen molar-refractivity contribution in [2.24, 2.45) is 0 Å². The van der Waals surface area contributed by atoms with E-state index in [2.05, 4.69) is 15.9 Å². The smallest absolute Gasteiger partial charge is 0.327 e. The SMILES string of the molecule is O=C(c1ccc(F)cc1)C(Br)CC(=O)N1CSC[C@H]1C(=O)O. The first-order chi connectivity index (χ1) is 10.4. The molecule has 2 atom stereocenters. The van der Waals surface area contributed by atoms with Crippen LogP contribution >= 0.6 is 27.7 Å². The number of alkyl halides is 1. The van der Waals surface area contributed by atoms with Crippen LogP contribution < -0.4 is 0 Å². The summed E-state index contributed by atoms with van der Waals surface area (Å²) in [6, 6.07) is 4.20. The summed E-state index contributed by atoms with van der Waals surface area (Å²) in [6.45, 7) is 0. The van der Waals surface area contributed by atoms with Gasteiger partial charge < -0.3 is 10.0 Å². The number of ketones is 1. The van der Waals surface area contributed by atoms with E-state index in [9.17, 15) is 18.8 Å². The van der Waals surface area contributed by atoms with E-state index in [1.807, 2.05) is 0 Å². The zero-order valence-corrected chi connectivity index (χ0v) is 13.8. The van der Waals surface area contributed by atoms with Gasteiger partial charge in [-0.2, -0.15) is 0 Å². The van der Waals surface area contributed by atoms with E-state index in [0.29, 0.717) is 17.2 Å². The summed E-state index contributed by atoms with van der Waals surface area (Å²) >= 11 is 4.52. The molecule has 0 spiro atoms. The van der Waals surface area contributed by atoms with Gasteiger partial charge in [-0.1, -0.05) is 15.9 Å². The predicted octanol–water partition coefficient (Wildman–Crippen LogP) is 2.15. The zero-order valence-electron chi connectivity index (χ0n) is 11.4. The third-order valence-corrected chi connectivity index (χ3v) is 5.01. The molecule has 2 rings (SSSR count). The van der Waals surface area contributed by atoms with E-state index in [0.717, 1.165) is 0 Å². The number of carboxylic acid groups (broad SMARTS) is 1. The number of thioether (sulfide) groups is 1. The van der Waals surface area contributed by atoms with Crippen LogP contribution in [0.2, 0.25) is 0 Å². The van der Waals surface area contributed by atoms with Crippen LogP contribution in [0.4, 0.5) is 4.39 Å². The van der Waals surface area contributed by atoms with Gasteiger partial charge in [0.2, 0.25) is 5.91 Å². The standard InChI is InChI=1S/C14H13BrFNO4S/c15-10(13(19)8-1-3-9(16)4-2-8)5-12(18)17-7-22-6-11(17)14(20)21/h1-4,10-11H,5-7H2,(H,20,21)/t10?,11-/m0/s1. The van der Waals surface area contributed by atoms with E-state index < -0.39 is 28.6 Å². The molecule has 0 aliphatic carbocycles. The lowest BCUT2D eigenvalue weighted by Crippen LogP contribution is -2.43. The molecule has 1 heterocycles. The third kappa shape index (κ3) is 3.86. The number of rotatable bonds is 5. The fourth-order valence-electron chi connectivity index (χ4n) is 2.05. The fourth-order valence-corrected chi connectivity index (χ4v) is 3.76. The van der Waals surface area contributed by atoms with Crippen LogP contribution in [0.5, 0.6) is 0 Å². The molecule has 1 amide bonds. The maximum absolute atomic E-state index is 12.8. The number of benzene rings is 1. The Labute approximate surface area is 139 Å². The highest BCUT2D eigenvalue weighted by molar-refractivity contribution is 9.10. The maximum atomic E-state index is 12.8. The molecule has 0 bridgehead atoms. The molecule has 8 heteroatoms. The van der Waals surface area contributed by atoms with Gasteiger partial charge in [0.15, 0.2) is 5.78 Å². The van der Waals surface area contributed by atoms with Crippen LogP contribution in [0.1, 0.15) is 16.8 Å². The van der Waals surface area contributed by atoms with Crippen molar-refractivity contribution < 1.29 is 23.9 Å². The normalized spacial score (nSPS) is 19.0. The van der Waals surface area contributed by atoms with E-state index in [-0.39, 0.29) is 12.2 Å². The molecular formula is C14H13BrFNO4S. The van der Waals surface area contributed by atoms with Crippen molar-refractivity contribution in [1.29, 1.82) is 0 Å². The lowest BCUT2D eigenvalue weighted by Gasteiger charge is -2.21. The van der Waals surface area contributed by atoms with Gasteiger partial charge in [0, 0.05) is 17.7 Å². The predicted molar refractivity (Wildman–Crippen MR) is 83.7 cm³/mol. The van der Waals surface area contributed by atoms with E-state index in [4.69, 9.17) is 5.11 Å². The second-order valence-corrected chi connectivity index (χ2v) is 6.87. The van der Waals surface area contributed by atoms with Crippen molar-refractivity contribution >= 4 is 45.4 Å². The average molecular weight is 390 g/mol. The number of carbonyl (C=O) groups excluding carboxylic acids is 2. The minimum Gasteiger partial charge on any atom is -0.480 e. The monoisotopic (exact) mass is 389 g/mol. The minimum absolute atomic E-state index is 0.138. The van der Waals surface area contributed by atoms with Crippen molar-refractivity contribution in [2.45, 2.75) is 17.3 Å². The number of Topliss-reactive ketones (excluding diaryl/α,β-unsaturated/α-hetero) is 1. The van der Waals surface area contributed by atoms with Gasteiger partial charge in [0.25, 0.3) is 0 Å². The number of hydrogen-bond donors (Lipinski definition) is 1. The van der Waals surface area contributed by atoms with Crippen molar-refractivity contribution in [2.75, 3.05) is 11.6 Å². The highest BCUT2D eigenvalue weighted by atomic mass is 79.9. The minimum atomic E-state index is -1.05. The molecule has 1 aliphatic rings. The van der Waals surface area contributed by atoms with Crippen LogP contribution in [0.3, 0.4) is 0 Å². The summed E-state index contributed by atoms with van der Waals surface area (Å²) in [5, 5.41) is 9.06. The van der Waals surface area contributed by atoms with Crippen molar-refractivity contribution in [3.63, 3.8) is 0 Å². The topological polar surface area (TPSA) is 74.7 Å². The van der Waals surface area contributed by atoms with Crippen LogP contribution in [-0.4, -0.2) is 50.2 Å². The average Bonchev–Trinajstić information content (AvgIpc) is 2.97. The largest absolute Gasteiger partial charge is 0.480 e. The van der Waals surface area contributed by atoms with E-state index in [1.54, 1.807) is 0 Å². The Morgan fingerprint density at radius 2 is 2.00 bits per heavy atom. The number of carboxylic acids is 1. The third-order valence-electron chi connectivity index (χ3n) is 3.25. The summed E-state index contributed by atoms with van der Waals surface area (Å²) in [5.74, 6) is -1.58.